The van der Waals surface area contributed by atoms with Crippen LogP contribution in [0.5, 0.6) is 0 Å². The molecule has 0 aliphatic rings. The lowest BCUT2D eigenvalue weighted by Gasteiger charge is -2.19. The molecule has 1 unspecified atom stereocenters. The zero-order chi connectivity index (χ0) is 24.4. The minimum absolute atomic E-state index is 0.0529. The number of hydrogen-bond donors (Lipinski definition) is 5. The molecule has 1 aromatic heterocycles. The molecule has 2 aromatic rings. The highest BCUT2D eigenvalue weighted by molar-refractivity contribution is 7.60. The number of nitrogens with one attached hydrogen (secondary N) is 2. The maximum atomic E-state index is 12.4. The smallest absolute Gasteiger partial charge is 0.356 e. The van der Waals surface area contributed by atoms with Gasteiger partial charge in [0.2, 0.25) is 12.3 Å². The highest BCUT2D eigenvalue weighted by Crippen LogP contribution is 2.34. The van der Waals surface area contributed by atoms with Crippen molar-refractivity contribution in [2.24, 2.45) is 5.92 Å². The van der Waals surface area contributed by atoms with Crippen LogP contribution in [0.25, 0.3) is 11.3 Å². The van der Waals surface area contributed by atoms with E-state index >= 15 is 0 Å². The maximum Gasteiger partial charge on any atom is 0.356 e. The third kappa shape index (κ3) is 8.14. The molecule has 0 fully saturated rings. The molecule has 0 bridgehead atoms. The summed E-state index contributed by atoms with van der Waals surface area (Å²) in [5.74, 6) is -1.45. The number of unbranched alkanes of at least 4 members (excludes halogenated alkanes) is 2. The first-order valence-corrected chi connectivity index (χ1v) is 12.0. The van der Waals surface area contributed by atoms with Gasteiger partial charge in [0.15, 0.2) is 5.76 Å². The van der Waals surface area contributed by atoms with E-state index in [1.807, 2.05) is 6.92 Å². The van der Waals surface area contributed by atoms with E-state index in [-0.39, 0.29) is 36.4 Å². The van der Waals surface area contributed by atoms with Crippen molar-refractivity contribution in [1.29, 1.82) is 0 Å². The van der Waals surface area contributed by atoms with Crippen molar-refractivity contribution < 1.29 is 38.4 Å². The van der Waals surface area contributed by atoms with Crippen LogP contribution in [0.2, 0.25) is 0 Å². The molecule has 0 aliphatic carbocycles. The topological polar surface area (TPSA) is 169 Å². The van der Waals surface area contributed by atoms with Crippen molar-refractivity contribution in [1.82, 2.24) is 15.7 Å². The number of benzene rings is 1. The highest BCUT2D eigenvalue weighted by Gasteiger charge is 2.21. The number of amides is 3. The fourth-order valence-corrected chi connectivity index (χ4v) is 3.70. The van der Waals surface area contributed by atoms with Crippen molar-refractivity contribution in [3.05, 3.63) is 42.2 Å². The molecular formula is C21H28N3O8P. The molecule has 0 saturated carbocycles. The largest absolute Gasteiger partial charge is 0.451 e. The Balaban J connectivity index is 1.94. The quantitative estimate of drug-likeness (QED) is 0.0717. The number of hydrogen-bond acceptors (Lipinski definition) is 6. The predicted octanol–water partition coefficient (Wildman–Crippen LogP) is 1.60. The summed E-state index contributed by atoms with van der Waals surface area (Å²) in [5, 5.41) is 14.7. The second-order valence-corrected chi connectivity index (χ2v) is 9.01. The number of rotatable bonds is 13. The summed E-state index contributed by atoms with van der Waals surface area (Å²) in [4.78, 5) is 54.0. The summed E-state index contributed by atoms with van der Waals surface area (Å²) in [5.41, 5.74) is 0.391. The van der Waals surface area contributed by atoms with Gasteiger partial charge in [-0.25, -0.2) is 5.06 Å². The zero-order valence-electron chi connectivity index (χ0n) is 18.1. The summed E-state index contributed by atoms with van der Waals surface area (Å²) < 4.78 is 16.9. The average molecular weight is 481 g/mol. The Morgan fingerprint density at radius 2 is 1.94 bits per heavy atom. The molecule has 11 nitrogen and oxygen atoms in total. The fourth-order valence-electron chi connectivity index (χ4n) is 3.11. The van der Waals surface area contributed by atoms with E-state index in [2.05, 4.69) is 10.6 Å². The summed E-state index contributed by atoms with van der Waals surface area (Å²) in [6.07, 6.45) is 3.33. The Bertz CT molecular complexity index is 1000. The van der Waals surface area contributed by atoms with E-state index in [9.17, 15) is 33.9 Å². The van der Waals surface area contributed by atoms with Gasteiger partial charge in [0.25, 0.3) is 5.91 Å². The molecule has 0 spiro atoms. The van der Waals surface area contributed by atoms with E-state index in [1.54, 1.807) is 6.07 Å². The molecule has 2 rings (SSSR count). The standard InChI is InChI=1S/C21H28N3O8P/c1-2-3-4-6-16(12-24(28)14-25)20(26)22-13-23-21(27)19-10-9-18(32-19)15-7-5-8-17(11-15)33(29,30)31/h5,7-11,14,16,28H,2-4,6,12-13H2,1H3,(H,22,26)(H,23,27)(H2,29,30,31). The summed E-state index contributed by atoms with van der Waals surface area (Å²) >= 11 is 0. The lowest BCUT2D eigenvalue weighted by atomic mass is 10.0. The van der Waals surface area contributed by atoms with Gasteiger partial charge in [-0.05, 0) is 30.7 Å². The number of nitrogens with zero attached hydrogens (tertiary/aromatic N) is 1. The molecule has 180 valence electrons. The first kappa shape index (κ1) is 26.3. The van der Waals surface area contributed by atoms with E-state index in [4.69, 9.17) is 4.42 Å². The molecule has 1 aromatic carbocycles. The number of hydroxylamine groups is 2. The van der Waals surface area contributed by atoms with Crippen molar-refractivity contribution in [2.75, 3.05) is 13.2 Å². The van der Waals surface area contributed by atoms with Crippen LogP contribution >= 0.6 is 7.60 Å². The van der Waals surface area contributed by atoms with Crippen molar-refractivity contribution in [3.8, 4) is 11.3 Å². The van der Waals surface area contributed by atoms with E-state index in [0.717, 1.165) is 19.3 Å². The van der Waals surface area contributed by atoms with E-state index < -0.39 is 25.3 Å². The molecule has 0 radical (unpaired) electrons. The lowest BCUT2D eigenvalue weighted by molar-refractivity contribution is -0.154. The number of furan rings is 1. The van der Waals surface area contributed by atoms with Crippen molar-refractivity contribution >= 4 is 31.1 Å². The Morgan fingerprint density at radius 3 is 2.61 bits per heavy atom. The number of carbonyl (C=O) groups excluding carboxylic acids is 3. The second kappa shape index (κ2) is 12.3. The van der Waals surface area contributed by atoms with Gasteiger partial charge in [-0.3, -0.25) is 24.2 Å². The summed E-state index contributed by atoms with van der Waals surface area (Å²) in [6, 6.07) is 8.52. The fraction of sp³-hybridized carbons (Fsp3) is 0.381. The molecule has 0 aliphatic heterocycles. The SMILES string of the molecule is CCCCCC(CN(O)C=O)C(=O)NCNC(=O)c1ccc(-c2cccc(P(=O)(O)O)c2)o1. The molecule has 1 heterocycles. The molecule has 0 saturated heterocycles. The van der Waals surface area contributed by atoms with Gasteiger partial charge in [0, 0.05) is 5.56 Å². The molecular weight excluding hydrogens is 453 g/mol. The normalized spacial score (nSPS) is 12.1. The average Bonchev–Trinajstić information content (AvgIpc) is 3.28. The van der Waals surface area contributed by atoms with Crippen molar-refractivity contribution in [2.45, 2.75) is 32.6 Å². The van der Waals surface area contributed by atoms with Gasteiger partial charge in [0.1, 0.15) is 5.76 Å². The monoisotopic (exact) mass is 481 g/mol. The molecule has 33 heavy (non-hydrogen) atoms. The van der Waals surface area contributed by atoms with Crippen LogP contribution in [-0.4, -0.2) is 51.5 Å². The van der Waals surface area contributed by atoms with Crippen molar-refractivity contribution in [3.63, 3.8) is 0 Å². The Hall–Kier alpha value is -2.98. The third-order valence-corrected chi connectivity index (χ3v) is 5.82. The predicted molar refractivity (Wildman–Crippen MR) is 118 cm³/mol. The Kier molecular flexibility index (Phi) is 9.80. The van der Waals surface area contributed by atoms with Crippen LogP contribution in [0.4, 0.5) is 0 Å². The van der Waals surface area contributed by atoms with Crippen LogP contribution in [0.3, 0.4) is 0 Å². The van der Waals surface area contributed by atoms with Gasteiger partial charge in [-0.15, -0.1) is 0 Å². The Morgan fingerprint density at radius 1 is 1.18 bits per heavy atom. The molecule has 3 amide bonds. The zero-order valence-corrected chi connectivity index (χ0v) is 19.0. The Labute approximate surface area is 190 Å². The second-order valence-electron chi connectivity index (χ2n) is 7.40. The van der Waals surface area contributed by atoms with Gasteiger partial charge < -0.3 is 24.8 Å². The summed E-state index contributed by atoms with van der Waals surface area (Å²) in [7, 11) is -4.43. The van der Waals surface area contributed by atoms with Gasteiger partial charge in [0.05, 0.1) is 24.4 Å². The minimum Gasteiger partial charge on any atom is -0.451 e. The first-order valence-electron chi connectivity index (χ1n) is 10.4. The third-order valence-electron chi connectivity index (χ3n) is 4.86. The maximum absolute atomic E-state index is 12.4. The van der Waals surface area contributed by atoms with Gasteiger partial charge in [-0.1, -0.05) is 38.3 Å². The minimum atomic E-state index is -4.43. The van der Waals surface area contributed by atoms with Crippen LogP contribution in [0.15, 0.2) is 40.8 Å². The van der Waals surface area contributed by atoms with Crippen LogP contribution in [0, 0.1) is 5.92 Å². The van der Waals surface area contributed by atoms with E-state index in [0.29, 0.717) is 17.0 Å². The van der Waals surface area contributed by atoms with Crippen LogP contribution in [0.1, 0.15) is 43.2 Å². The number of carbonyl (C=O) groups is 3. The molecule has 5 N–H and O–H groups in total. The lowest BCUT2D eigenvalue weighted by Crippen LogP contribution is -2.42. The highest BCUT2D eigenvalue weighted by atomic mass is 31.2. The summed E-state index contributed by atoms with van der Waals surface area (Å²) in [6.45, 7) is 1.67. The molecule has 12 heteroatoms. The van der Waals surface area contributed by atoms with Crippen LogP contribution in [-0.2, 0) is 14.2 Å². The molecule has 1 atom stereocenters. The van der Waals surface area contributed by atoms with E-state index in [1.165, 1.54) is 30.3 Å². The van der Waals surface area contributed by atoms with Gasteiger partial charge >= 0.3 is 7.60 Å². The first-order chi connectivity index (χ1) is 15.7. The van der Waals surface area contributed by atoms with Gasteiger partial charge in [-0.2, -0.15) is 0 Å². The van der Waals surface area contributed by atoms with Crippen LogP contribution < -0.4 is 15.9 Å².